The van der Waals surface area contributed by atoms with Crippen molar-refractivity contribution in [2.75, 3.05) is 0 Å². The van der Waals surface area contributed by atoms with Crippen LogP contribution < -0.4 is 0 Å². The van der Waals surface area contributed by atoms with E-state index in [2.05, 4.69) is 0 Å². The van der Waals surface area contributed by atoms with Gasteiger partial charge in [-0.15, -0.1) is 0 Å². The molecule has 1 aliphatic rings. The molecule has 0 aromatic heterocycles. The Hall–Kier alpha value is -2.57. The highest BCUT2D eigenvalue weighted by atomic mass is 16.9. The van der Waals surface area contributed by atoms with Crippen molar-refractivity contribution in [2.24, 2.45) is 0 Å². The van der Waals surface area contributed by atoms with E-state index in [9.17, 15) is 14.8 Å². The fourth-order valence-corrected chi connectivity index (χ4v) is 2.43. The van der Waals surface area contributed by atoms with Gasteiger partial charge in [-0.2, -0.15) is 0 Å². The molecule has 0 radical (unpaired) electrons. The number of hydrogen-bond acceptors (Lipinski definition) is 6. The zero-order chi connectivity index (χ0) is 17.9. The predicted molar refractivity (Wildman–Crippen MR) is 85.1 cm³/mol. The van der Waals surface area contributed by atoms with E-state index in [1.807, 2.05) is 0 Å². The molecular weight excluding hydrogens is 314 g/mol. The van der Waals surface area contributed by atoms with Gasteiger partial charge in [0.1, 0.15) is 5.92 Å². The maximum Gasteiger partial charge on any atom is 0.406 e. The Morgan fingerprint density at radius 2 is 1.67 bits per heavy atom. The average Bonchev–Trinajstić information content (AvgIpc) is 2.84. The first-order chi connectivity index (χ1) is 11.3. The van der Waals surface area contributed by atoms with E-state index in [0.717, 1.165) is 0 Å². The van der Waals surface area contributed by atoms with Crippen molar-refractivity contribution in [3.63, 3.8) is 0 Å². The van der Waals surface area contributed by atoms with E-state index < -0.39 is 30.1 Å². The molecule has 0 saturated heterocycles. The number of hydrogen-bond donors (Lipinski definition) is 0. The van der Waals surface area contributed by atoms with Gasteiger partial charge in [0.15, 0.2) is 6.10 Å². The molecule has 0 bridgehead atoms. The highest BCUT2D eigenvalue weighted by Gasteiger charge is 2.50. The third-order valence-electron chi connectivity index (χ3n) is 3.30. The molecule has 0 spiro atoms. The lowest BCUT2D eigenvalue weighted by molar-refractivity contribution is -0.736. The molecule has 0 unspecified atom stereocenters. The standard InChI is InChI=1S/C17H21NO6/c1-10(2)22-16(19)14-13(12-8-6-5-7-9-12)15(24-18(14)21)17(20)23-11(3)4/h5-11,13,15H,1-4H3/t13-,15-/m1/s1. The molecule has 0 aliphatic carbocycles. The molecular formula is C17H21NO6. The van der Waals surface area contributed by atoms with Crippen molar-refractivity contribution < 1.29 is 28.8 Å². The third-order valence-corrected chi connectivity index (χ3v) is 3.30. The Bertz CT molecular complexity index is 638. The summed E-state index contributed by atoms with van der Waals surface area (Å²) in [6, 6.07) is 8.72. The quantitative estimate of drug-likeness (QED) is 0.603. The minimum atomic E-state index is -1.23. The van der Waals surface area contributed by atoms with Crippen LogP contribution in [0.25, 0.3) is 0 Å². The molecule has 1 aromatic rings. The first kappa shape index (κ1) is 17.8. The molecule has 0 N–H and O–H groups in total. The van der Waals surface area contributed by atoms with Gasteiger partial charge in [-0.25, -0.2) is 4.79 Å². The van der Waals surface area contributed by atoms with Crippen molar-refractivity contribution >= 4 is 17.7 Å². The molecule has 0 saturated carbocycles. The van der Waals surface area contributed by atoms with Gasteiger partial charge in [-0.1, -0.05) is 30.3 Å². The van der Waals surface area contributed by atoms with Crippen LogP contribution in [0.2, 0.25) is 0 Å². The average molecular weight is 335 g/mol. The zero-order valence-electron chi connectivity index (χ0n) is 14.1. The van der Waals surface area contributed by atoms with Crippen LogP contribution in [-0.2, 0) is 23.9 Å². The summed E-state index contributed by atoms with van der Waals surface area (Å²) in [5.74, 6) is -2.40. The molecule has 1 aromatic carbocycles. The van der Waals surface area contributed by atoms with Gasteiger partial charge < -0.3 is 14.3 Å². The Kier molecular flexibility index (Phi) is 5.43. The molecule has 0 fully saturated rings. The summed E-state index contributed by atoms with van der Waals surface area (Å²) in [6.45, 7) is 6.73. The number of carbonyl (C=O) groups is 2. The van der Waals surface area contributed by atoms with Crippen LogP contribution in [0.1, 0.15) is 39.2 Å². The Morgan fingerprint density at radius 3 is 2.21 bits per heavy atom. The topological polar surface area (TPSA) is 87.9 Å². The number of carbonyl (C=O) groups excluding carboxylic acids is 2. The van der Waals surface area contributed by atoms with Gasteiger partial charge in [0, 0.05) is 0 Å². The highest BCUT2D eigenvalue weighted by molar-refractivity contribution is 6.37. The van der Waals surface area contributed by atoms with E-state index in [1.165, 1.54) is 0 Å². The second-order valence-corrected chi connectivity index (χ2v) is 6.00. The van der Waals surface area contributed by atoms with Gasteiger partial charge >= 0.3 is 17.7 Å². The lowest BCUT2D eigenvalue weighted by Gasteiger charge is -2.19. The lowest BCUT2D eigenvalue weighted by atomic mass is 9.89. The molecule has 0 amide bonds. The van der Waals surface area contributed by atoms with E-state index >= 15 is 0 Å². The van der Waals surface area contributed by atoms with Gasteiger partial charge in [0.05, 0.1) is 17.1 Å². The smallest absolute Gasteiger partial charge is 0.406 e. The van der Waals surface area contributed by atoms with Crippen LogP contribution in [-0.4, -0.2) is 40.9 Å². The predicted octanol–water partition coefficient (Wildman–Crippen LogP) is 1.94. The summed E-state index contributed by atoms with van der Waals surface area (Å²) >= 11 is 0. The maximum atomic E-state index is 12.3. The minimum absolute atomic E-state index is 0.0641. The van der Waals surface area contributed by atoms with Gasteiger partial charge in [0.2, 0.25) is 0 Å². The molecule has 2 rings (SSSR count). The van der Waals surface area contributed by atoms with E-state index in [-0.39, 0.29) is 16.7 Å². The molecule has 7 heteroatoms. The highest BCUT2D eigenvalue weighted by Crippen LogP contribution is 2.30. The number of nitrogens with zero attached hydrogens (tertiary/aromatic N) is 1. The van der Waals surface area contributed by atoms with Crippen molar-refractivity contribution in [1.82, 2.24) is 0 Å². The molecule has 1 aliphatic heterocycles. The van der Waals surface area contributed by atoms with E-state index in [0.29, 0.717) is 5.56 Å². The SMILES string of the molecule is CC(C)OC(=O)C1=[N+]([O-])O[C@@H](C(=O)OC(C)C)[C@@H]1c1ccccc1. The summed E-state index contributed by atoms with van der Waals surface area (Å²) in [5, 5.41) is 12.1. The number of ether oxygens (including phenoxy) is 2. The third kappa shape index (κ3) is 3.84. The van der Waals surface area contributed by atoms with Crippen molar-refractivity contribution in [2.45, 2.75) is 51.9 Å². The molecule has 24 heavy (non-hydrogen) atoms. The van der Waals surface area contributed by atoms with Crippen molar-refractivity contribution in [1.29, 1.82) is 0 Å². The monoisotopic (exact) mass is 335 g/mol. The fraction of sp³-hybridized carbons (Fsp3) is 0.471. The number of rotatable bonds is 5. The first-order valence-electron chi connectivity index (χ1n) is 7.78. The lowest BCUT2D eigenvalue weighted by Crippen LogP contribution is -2.35. The number of esters is 2. The molecule has 130 valence electrons. The summed E-state index contributed by atoms with van der Waals surface area (Å²) in [7, 11) is 0. The molecule has 7 nitrogen and oxygen atoms in total. The van der Waals surface area contributed by atoms with Crippen LogP contribution in [0.4, 0.5) is 0 Å². The largest absolute Gasteiger partial charge is 0.462 e. The van der Waals surface area contributed by atoms with Crippen LogP contribution in [0.5, 0.6) is 0 Å². The van der Waals surface area contributed by atoms with Gasteiger partial charge in [0.25, 0.3) is 0 Å². The second kappa shape index (κ2) is 7.33. The zero-order valence-corrected chi connectivity index (χ0v) is 14.1. The normalized spacial score (nSPS) is 20.2. The summed E-state index contributed by atoms with van der Waals surface area (Å²) in [6.07, 6.45) is -2.01. The summed E-state index contributed by atoms with van der Waals surface area (Å²) in [5.41, 5.74) is 0.331. The van der Waals surface area contributed by atoms with Crippen LogP contribution in [0, 0.1) is 5.21 Å². The first-order valence-corrected chi connectivity index (χ1v) is 7.78. The van der Waals surface area contributed by atoms with Crippen LogP contribution in [0.3, 0.4) is 0 Å². The van der Waals surface area contributed by atoms with Crippen LogP contribution >= 0.6 is 0 Å². The van der Waals surface area contributed by atoms with Crippen molar-refractivity contribution in [3.8, 4) is 0 Å². The van der Waals surface area contributed by atoms with Crippen LogP contribution in [0.15, 0.2) is 30.3 Å². The van der Waals surface area contributed by atoms with E-state index in [4.69, 9.17) is 14.3 Å². The Balaban J connectivity index is 2.39. The van der Waals surface area contributed by atoms with Gasteiger partial charge in [-0.05, 0) is 33.3 Å². The molecule has 1 heterocycles. The Labute approximate surface area is 140 Å². The fourth-order valence-electron chi connectivity index (χ4n) is 2.43. The second-order valence-electron chi connectivity index (χ2n) is 6.00. The maximum absolute atomic E-state index is 12.3. The molecule has 2 atom stereocenters. The van der Waals surface area contributed by atoms with E-state index in [1.54, 1.807) is 58.0 Å². The van der Waals surface area contributed by atoms with Gasteiger partial charge in [-0.3, -0.25) is 10.0 Å². The summed E-state index contributed by atoms with van der Waals surface area (Å²) < 4.78 is 10.3. The minimum Gasteiger partial charge on any atom is -0.462 e. The van der Waals surface area contributed by atoms with Crippen molar-refractivity contribution in [3.05, 3.63) is 41.1 Å². The number of benzene rings is 1. The summed E-state index contributed by atoms with van der Waals surface area (Å²) in [4.78, 5) is 29.7. The Morgan fingerprint density at radius 1 is 1.08 bits per heavy atom.